The standard InChI is InChI=1S/C17H13ClF3N7O/c1-8(15(29)26-7-17(19,20)21)27-16-25-4-9(3-22)13(28-16)12-6-24-14-11(12)2-10(18)5-23-14/h2,4-6,8H,7H2,1H3,(H,23,24)(H,26,29)(H,25,27,28)/t8-/m0/s1. The van der Waals surface area contributed by atoms with E-state index in [4.69, 9.17) is 11.6 Å². The minimum atomic E-state index is -4.52. The highest BCUT2D eigenvalue weighted by Crippen LogP contribution is 2.30. The monoisotopic (exact) mass is 423 g/mol. The maximum Gasteiger partial charge on any atom is 0.405 e. The van der Waals surface area contributed by atoms with Gasteiger partial charge in [0, 0.05) is 23.3 Å². The van der Waals surface area contributed by atoms with Gasteiger partial charge >= 0.3 is 6.18 Å². The molecule has 0 fully saturated rings. The largest absolute Gasteiger partial charge is 0.405 e. The summed E-state index contributed by atoms with van der Waals surface area (Å²) in [6.07, 6.45) is -0.204. The zero-order valence-corrected chi connectivity index (χ0v) is 15.6. The number of carbonyl (C=O) groups excluding carboxylic acids is 1. The molecule has 0 aliphatic carbocycles. The van der Waals surface area contributed by atoms with Crippen molar-refractivity contribution in [1.82, 2.24) is 25.3 Å². The van der Waals surface area contributed by atoms with Gasteiger partial charge in [0.2, 0.25) is 11.9 Å². The number of H-pyrrole nitrogens is 1. The van der Waals surface area contributed by atoms with Gasteiger partial charge in [0.1, 0.15) is 24.3 Å². The van der Waals surface area contributed by atoms with Crippen molar-refractivity contribution in [3.63, 3.8) is 0 Å². The van der Waals surface area contributed by atoms with Crippen LogP contribution in [0.5, 0.6) is 0 Å². The fraction of sp³-hybridized carbons (Fsp3) is 0.235. The number of aromatic amines is 1. The molecule has 0 aliphatic rings. The molecule has 3 rings (SSSR count). The molecule has 0 unspecified atom stereocenters. The lowest BCUT2D eigenvalue weighted by Crippen LogP contribution is -2.42. The number of nitrogens with zero attached hydrogens (tertiary/aromatic N) is 4. The number of anilines is 1. The number of aromatic nitrogens is 4. The molecule has 3 heterocycles. The molecule has 150 valence electrons. The van der Waals surface area contributed by atoms with E-state index in [0.29, 0.717) is 21.6 Å². The Hall–Kier alpha value is -3.39. The molecule has 1 atom stereocenters. The van der Waals surface area contributed by atoms with Crippen LogP contribution in [0.1, 0.15) is 12.5 Å². The average Bonchev–Trinajstić information content (AvgIpc) is 3.08. The Morgan fingerprint density at radius 2 is 2.14 bits per heavy atom. The molecule has 0 aliphatic heterocycles. The van der Waals surface area contributed by atoms with Crippen molar-refractivity contribution in [3.8, 4) is 17.3 Å². The lowest BCUT2D eigenvalue weighted by Gasteiger charge is -2.15. The summed E-state index contributed by atoms with van der Waals surface area (Å²) < 4.78 is 36.7. The second-order valence-corrected chi connectivity index (χ2v) is 6.46. The van der Waals surface area contributed by atoms with Crippen LogP contribution in [-0.4, -0.2) is 44.6 Å². The lowest BCUT2D eigenvalue weighted by atomic mass is 10.1. The number of nitriles is 1. The first-order chi connectivity index (χ1) is 13.7. The van der Waals surface area contributed by atoms with Crippen molar-refractivity contribution in [2.75, 3.05) is 11.9 Å². The zero-order chi connectivity index (χ0) is 21.2. The summed E-state index contributed by atoms with van der Waals surface area (Å²) in [6, 6.07) is 2.59. The molecule has 0 spiro atoms. The van der Waals surface area contributed by atoms with Gasteiger partial charge < -0.3 is 15.6 Å². The molecule has 1 amide bonds. The lowest BCUT2D eigenvalue weighted by molar-refractivity contribution is -0.138. The molecule has 3 aromatic heterocycles. The van der Waals surface area contributed by atoms with Gasteiger partial charge in [0.25, 0.3) is 0 Å². The Morgan fingerprint density at radius 3 is 2.83 bits per heavy atom. The molecule has 0 radical (unpaired) electrons. The predicted molar refractivity (Wildman–Crippen MR) is 99.0 cm³/mol. The van der Waals surface area contributed by atoms with E-state index in [1.807, 2.05) is 6.07 Å². The van der Waals surface area contributed by atoms with Gasteiger partial charge in [-0.2, -0.15) is 18.4 Å². The van der Waals surface area contributed by atoms with E-state index in [2.05, 4.69) is 25.3 Å². The van der Waals surface area contributed by atoms with Crippen LogP contribution < -0.4 is 10.6 Å². The molecule has 8 nitrogen and oxygen atoms in total. The maximum absolute atomic E-state index is 12.2. The normalized spacial score (nSPS) is 12.4. The highest BCUT2D eigenvalue weighted by molar-refractivity contribution is 6.31. The van der Waals surface area contributed by atoms with Crippen molar-refractivity contribution in [3.05, 3.63) is 35.2 Å². The Bertz CT molecular complexity index is 1110. The maximum atomic E-state index is 12.2. The van der Waals surface area contributed by atoms with Crippen LogP contribution in [0.4, 0.5) is 19.1 Å². The van der Waals surface area contributed by atoms with Gasteiger partial charge in [-0.1, -0.05) is 11.6 Å². The van der Waals surface area contributed by atoms with E-state index < -0.39 is 24.7 Å². The topological polar surface area (TPSA) is 119 Å². The molecule has 0 saturated carbocycles. The number of rotatable bonds is 5. The summed E-state index contributed by atoms with van der Waals surface area (Å²) in [4.78, 5) is 27.1. The first-order valence-corrected chi connectivity index (χ1v) is 8.57. The van der Waals surface area contributed by atoms with Crippen molar-refractivity contribution >= 4 is 34.5 Å². The minimum absolute atomic E-state index is 0.0296. The molecule has 0 bridgehead atoms. The third-order valence-electron chi connectivity index (χ3n) is 3.86. The van der Waals surface area contributed by atoms with Crippen LogP contribution in [0.25, 0.3) is 22.3 Å². The number of alkyl halides is 3. The smallest absolute Gasteiger partial charge is 0.345 e. The highest BCUT2D eigenvalue weighted by atomic mass is 35.5. The number of nitrogens with one attached hydrogen (secondary N) is 3. The molecule has 12 heteroatoms. The van der Waals surface area contributed by atoms with Crippen LogP contribution in [0, 0.1) is 11.3 Å². The fourth-order valence-corrected chi connectivity index (χ4v) is 2.67. The SMILES string of the molecule is C[C@H](Nc1ncc(C#N)c(-c2c[nH]c3ncc(Cl)cc23)n1)C(=O)NCC(F)(F)F. The third kappa shape index (κ3) is 4.72. The van der Waals surface area contributed by atoms with Gasteiger partial charge in [-0.25, -0.2) is 15.0 Å². The van der Waals surface area contributed by atoms with Crippen LogP contribution in [0.3, 0.4) is 0 Å². The number of pyridine rings is 1. The van der Waals surface area contributed by atoms with Crippen molar-refractivity contribution in [1.29, 1.82) is 5.26 Å². The molecule has 29 heavy (non-hydrogen) atoms. The van der Waals surface area contributed by atoms with E-state index in [0.717, 1.165) is 0 Å². The van der Waals surface area contributed by atoms with Gasteiger partial charge in [0.15, 0.2) is 0 Å². The zero-order valence-electron chi connectivity index (χ0n) is 14.8. The van der Waals surface area contributed by atoms with Gasteiger partial charge in [-0.05, 0) is 13.0 Å². The van der Waals surface area contributed by atoms with E-state index in [9.17, 15) is 23.2 Å². The first-order valence-electron chi connectivity index (χ1n) is 8.19. The summed E-state index contributed by atoms with van der Waals surface area (Å²) in [6.45, 7) is -0.0806. The van der Waals surface area contributed by atoms with Crippen LogP contribution in [0.15, 0.2) is 24.7 Å². The molecule has 0 aromatic carbocycles. The molecular formula is C17H13ClF3N7O. The van der Waals surface area contributed by atoms with E-state index in [1.165, 1.54) is 19.3 Å². The number of hydrogen-bond acceptors (Lipinski definition) is 6. The van der Waals surface area contributed by atoms with E-state index in [1.54, 1.807) is 17.6 Å². The predicted octanol–water partition coefficient (Wildman–Crippen LogP) is 3.02. The third-order valence-corrected chi connectivity index (χ3v) is 4.07. The summed E-state index contributed by atoms with van der Waals surface area (Å²) in [5.74, 6) is -0.905. The molecule has 0 saturated heterocycles. The number of fused-ring (bicyclic) bond motifs is 1. The Morgan fingerprint density at radius 1 is 1.38 bits per heavy atom. The average molecular weight is 424 g/mol. The highest BCUT2D eigenvalue weighted by Gasteiger charge is 2.29. The fourth-order valence-electron chi connectivity index (χ4n) is 2.51. The summed E-state index contributed by atoms with van der Waals surface area (Å²) >= 11 is 5.99. The number of amides is 1. The molecule has 3 N–H and O–H groups in total. The van der Waals surface area contributed by atoms with Crippen molar-refractivity contribution in [2.24, 2.45) is 0 Å². The van der Waals surface area contributed by atoms with Gasteiger partial charge in [-0.15, -0.1) is 0 Å². The number of halogens is 4. The van der Waals surface area contributed by atoms with Crippen LogP contribution in [-0.2, 0) is 4.79 Å². The van der Waals surface area contributed by atoms with Crippen molar-refractivity contribution in [2.45, 2.75) is 19.1 Å². The Balaban J connectivity index is 1.89. The van der Waals surface area contributed by atoms with Gasteiger partial charge in [-0.3, -0.25) is 4.79 Å². The van der Waals surface area contributed by atoms with Crippen LogP contribution in [0.2, 0.25) is 5.02 Å². The second-order valence-electron chi connectivity index (χ2n) is 6.02. The molecule has 3 aromatic rings. The minimum Gasteiger partial charge on any atom is -0.345 e. The Labute approximate surface area is 167 Å². The van der Waals surface area contributed by atoms with E-state index >= 15 is 0 Å². The molecular weight excluding hydrogens is 411 g/mol. The van der Waals surface area contributed by atoms with Crippen molar-refractivity contribution < 1.29 is 18.0 Å². The number of carbonyl (C=O) groups is 1. The second kappa shape index (κ2) is 7.92. The van der Waals surface area contributed by atoms with Gasteiger partial charge in [0.05, 0.1) is 22.5 Å². The first kappa shape index (κ1) is 20.3. The van der Waals surface area contributed by atoms with E-state index in [-0.39, 0.29) is 17.2 Å². The quantitative estimate of drug-likeness (QED) is 0.580. The summed E-state index contributed by atoms with van der Waals surface area (Å²) in [7, 11) is 0. The Kier molecular flexibility index (Phi) is 5.56. The summed E-state index contributed by atoms with van der Waals surface area (Å²) in [5.41, 5.74) is 1.47. The summed E-state index contributed by atoms with van der Waals surface area (Å²) in [5, 5.41) is 14.8. The number of hydrogen-bond donors (Lipinski definition) is 3. The van der Waals surface area contributed by atoms with Crippen LogP contribution >= 0.6 is 11.6 Å².